The molecule has 21 heavy (non-hydrogen) atoms. The molecule has 0 atom stereocenters. The molecule has 0 aliphatic carbocycles. The lowest BCUT2D eigenvalue weighted by atomic mass is 10.1. The van der Waals surface area contributed by atoms with Crippen molar-refractivity contribution in [3.63, 3.8) is 0 Å². The third kappa shape index (κ3) is 3.45. The summed E-state index contributed by atoms with van der Waals surface area (Å²) in [5.74, 6) is 1.84. The minimum absolute atomic E-state index is 0.547. The molecule has 0 heterocycles. The summed E-state index contributed by atoms with van der Waals surface area (Å²) < 4.78 is 10.5. The zero-order chi connectivity index (χ0) is 15.2. The molecule has 0 radical (unpaired) electrons. The van der Waals surface area contributed by atoms with E-state index >= 15 is 0 Å². The highest BCUT2D eigenvalue weighted by molar-refractivity contribution is 6.03. The normalized spacial score (nSPS) is 11.1. The van der Waals surface area contributed by atoms with E-state index < -0.39 is 0 Å². The molecule has 0 aliphatic rings. The molecule has 0 amide bonds. The van der Waals surface area contributed by atoms with Gasteiger partial charge in [-0.2, -0.15) is 0 Å². The van der Waals surface area contributed by atoms with Crippen LogP contribution in [0.3, 0.4) is 0 Å². The van der Waals surface area contributed by atoms with E-state index in [4.69, 9.17) is 20.0 Å². The molecule has 2 rings (SSSR count). The number of rotatable bonds is 5. The topological polar surface area (TPSA) is 66.1 Å². The molecule has 0 aromatic heterocycles. The van der Waals surface area contributed by atoms with E-state index in [1.807, 2.05) is 37.3 Å². The summed E-state index contributed by atoms with van der Waals surface area (Å²) in [6, 6.07) is 12.8. The van der Waals surface area contributed by atoms with Crippen molar-refractivity contribution in [2.75, 3.05) is 20.0 Å². The first-order chi connectivity index (χ1) is 10.2. The summed E-state index contributed by atoms with van der Waals surface area (Å²) in [6.45, 7) is 1.82. The molecule has 0 saturated carbocycles. The third-order valence-electron chi connectivity index (χ3n) is 2.98. The maximum atomic E-state index is 6.02. The van der Waals surface area contributed by atoms with Crippen molar-refractivity contribution < 1.29 is 14.3 Å². The Morgan fingerprint density at radius 3 is 2.24 bits per heavy atom. The molecular formula is C16H18N2O3. The maximum Gasteiger partial charge on any atom is 0.162 e. The molecule has 0 fully saturated rings. The van der Waals surface area contributed by atoms with Gasteiger partial charge in [-0.15, -0.1) is 0 Å². The second-order valence-corrected chi connectivity index (χ2v) is 4.38. The second-order valence-electron chi connectivity index (χ2n) is 4.38. The SMILES string of the molecule is COc1cc(N)c(/C(C)=N/Oc2ccccc2)cc1OC. The monoisotopic (exact) mass is 286 g/mol. The fourth-order valence-corrected chi connectivity index (χ4v) is 1.86. The molecule has 2 aromatic carbocycles. The van der Waals surface area contributed by atoms with E-state index in [0.29, 0.717) is 28.6 Å². The van der Waals surface area contributed by atoms with Crippen molar-refractivity contribution in [3.8, 4) is 17.2 Å². The van der Waals surface area contributed by atoms with Crippen LogP contribution < -0.4 is 20.0 Å². The minimum atomic E-state index is 0.547. The number of oxime groups is 1. The summed E-state index contributed by atoms with van der Waals surface area (Å²) in [5, 5.41) is 4.10. The molecule has 0 aliphatic heterocycles. The number of para-hydroxylation sites is 1. The summed E-state index contributed by atoms with van der Waals surface area (Å²) in [5.41, 5.74) is 7.95. The molecule has 2 N–H and O–H groups in total. The van der Waals surface area contributed by atoms with E-state index in [1.54, 1.807) is 26.4 Å². The van der Waals surface area contributed by atoms with Crippen LogP contribution in [-0.2, 0) is 0 Å². The Labute approximate surface area is 123 Å². The quantitative estimate of drug-likeness (QED) is 0.521. The average Bonchev–Trinajstić information content (AvgIpc) is 2.53. The van der Waals surface area contributed by atoms with Crippen LogP contribution in [0.25, 0.3) is 0 Å². The van der Waals surface area contributed by atoms with Crippen LogP contribution in [0.15, 0.2) is 47.6 Å². The Hall–Kier alpha value is -2.69. The predicted molar refractivity (Wildman–Crippen MR) is 83.2 cm³/mol. The molecule has 0 unspecified atom stereocenters. The molecule has 0 saturated heterocycles. The molecule has 0 bridgehead atoms. The summed E-state index contributed by atoms with van der Waals surface area (Å²) in [4.78, 5) is 5.37. The lowest BCUT2D eigenvalue weighted by molar-refractivity contribution is 0.341. The van der Waals surface area contributed by atoms with Gasteiger partial charge < -0.3 is 20.0 Å². The lowest BCUT2D eigenvalue weighted by Gasteiger charge is -2.12. The van der Waals surface area contributed by atoms with Crippen molar-refractivity contribution in [1.29, 1.82) is 0 Å². The minimum Gasteiger partial charge on any atom is -0.493 e. The van der Waals surface area contributed by atoms with Crippen LogP contribution in [0.5, 0.6) is 17.2 Å². The standard InChI is InChI=1S/C16H18N2O3/c1-11(18-21-12-7-5-4-6-8-12)13-9-15(19-2)16(20-3)10-14(13)17/h4-10H,17H2,1-3H3/b18-11+. The van der Waals surface area contributed by atoms with Crippen molar-refractivity contribution in [1.82, 2.24) is 0 Å². The highest BCUT2D eigenvalue weighted by atomic mass is 16.6. The van der Waals surface area contributed by atoms with Crippen molar-refractivity contribution in [2.24, 2.45) is 5.16 Å². The number of hydrogen-bond donors (Lipinski definition) is 1. The smallest absolute Gasteiger partial charge is 0.162 e. The van der Waals surface area contributed by atoms with Gasteiger partial charge >= 0.3 is 0 Å². The molecule has 5 nitrogen and oxygen atoms in total. The Kier molecular flexibility index (Phi) is 4.66. The van der Waals surface area contributed by atoms with E-state index in [-0.39, 0.29) is 0 Å². The first-order valence-electron chi connectivity index (χ1n) is 6.44. The summed E-state index contributed by atoms with van der Waals surface area (Å²) in [6.07, 6.45) is 0. The highest BCUT2D eigenvalue weighted by Gasteiger charge is 2.11. The Morgan fingerprint density at radius 2 is 1.62 bits per heavy atom. The van der Waals surface area contributed by atoms with E-state index in [2.05, 4.69) is 5.16 Å². The molecule has 110 valence electrons. The van der Waals surface area contributed by atoms with Crippen LogP contribution in [0, 0.1) is 0 Å². The van der Waals surface area contributed by atoms with E-state index in [9.17, 15) is 0 Å². The van der Waals surface area contributed by atoms with Crippen molar-refractivity contribution in [3.05, 3.63) is 48.0 Å². The molecule has 2 aromatic rings. The van der Waals surface area contributed by atoms with Gasteiger partial charge in [0, 0.05) is 17.3 Å². The summed E-state index contributed by atoms with van der Waals surface area (Å²) >= 11 is 0. The number of ether oxygens (including phenoxy) is 2. The zero-order valence-electron chi connectivity index (χ0n) is 12.3. The van der Waals surface area contributed by atoms with E-state index in [0.717, 1.165) is 5.56 Å². The Morgan fingerprint density at radius 1 is 1.00 bits per heavy atom. The lowest BCUT2D eigenvalue weighted by Crippen LogP contribution is -2.04. The number of nitrogens with two attached hydrogens (primary N) is 1. The van der Waals surface area contributed by atoms with Crippen LogP contribution in [0.2, 0.25) is 0 Å². The fourth-order valence-electron chi connectivity index (χ4n) is 1.86. The maximum absolute atomic E-state index is 6.02. The predicted octanol–water partition coefficient (Wildman–Crippen LogP) is 3.09. The van der Waals surface area contributed by atoms with Gasteiger partial charge in [-0.3, -0.25) is 0 Å². The number of nitrogen functional groups attached to an aromatic ring is 1. The first kappa shape index (κ1) is 14.7. The third-order valence-corrected chi connectivity index (χ3v) is 2.98. The fraction of sp³-hybridized carbons (Fsp3) is 0.188. The van der Waals surface area contributed by atoms with Crippen LogP contribution in [0.4, 0.5) is 5.69 Å². The second kappa shape index (κ2) is 6.65. The molecule has 0 spiro atoms. The van der Waals surface area contributed by atoms with Gasteiger partial charge in [-0.25, -0.2) is 0 Å². The van der Waals surface area contributed by atoms with Crippen molar-refractivity contribution >= 4 is 11.4 Å². The summed E-state index contributed by atoms with van der Waals surface area (Å²) in [7, 11) is 3.14. The number of hydrogen-bond acceptors (Lipinski definition) is 5. The highest BCUT2D eigenvalue weighted by Crippen LogP contribution is 2.32. The molecule has 5 heteroatoms. The van der Waals surface area contributed by atoms with Crippen LogP contribution in [-0.4, -0.2) is 19.9 Å². The van der Waals surface area contributed by atoms with Gasteiger partial charge in [0.2, 0.25) is 0 Å². The van der Waals surface area contributed by atoms with Crippen LogP contribution >= 0.6 is 0 Å². The number of methoxy groups -OCH3 is 2. The Bertz CT molecular complexity index is 639. The van der Waals surface area contributed by atoms with Gasteiger partial charge in [0.15, 0.2) is 17.2 Å². The van der Waals surface area contributed by atoms with Crippen LogP contribution in [0.1, 0.15) is 12.5 Å². The first-order valence-corrected chi connectivity index (χ1v) is 6.44. The molecular weight excluding hydrogens is 268 g/mol. The number of benzene rings is 2. The Balaban J connectivity index is 2.28. The number of nitrogens with zero attached hydrogens (tertiary/aromatic N) is 1. The van der Waals surface area contributed by atoms with Gasteiger partial charge in [-0.05, 0) is 25.1 Å². The number of anilines is 1. The van der Waals surface area contributed by atoms with Gasteiger partial charge in [0.25, 0.3) is 0 Å². The van der Waals surface area contributed by atoms with Gasteiger partial charge in [-0.1, -0.05) is 23.4 Å². The zero-order valence-corrected chi connectivity index (χ0v) is 12.3. The van der Waals surface area contributed by atoms with Gasteiger partial charge in [0.1, 0.15) is 0 Å². The largest absolute Gasteiger partial charge is 0.493 e. The van der Waals surface area contributed by atoms with Gasteiger partial charge in [0.05, 0.1) is 19.9 Å². The average molecular weight is 286 g/mol. The van der Waals surface area contributed by atoms with Crippen molar-refractivity contribution in [2.45, 2.75) is 6.92 Å². The van der Waals surface area contributed by atoms with E-state index in [1.165, 1.54) is 0 Å².